The van der Waals surface area contributed by atoms with Gasteiger partial charge in [0.2, 0.25) is 0 Å². The van der Waals surface area contributed by atoms with Crippen LogP contribution in [-0.4, -0.2) is 31.5 Å². The molecule has 0 fully saturated rings. The maximum absolute atomic E-state index is 12.0. The second kappa shape index (κ2) is 4.98. The van der Waals surface area contributed by atoms with Crippen molar-refractivity contribution in [1.29, 1.82) is 0 Å². The Morgan fingerprint density at radius 2 is 2.12 bits per heavy atom. The van der Waals surface area contributed by atoms with E-state index in [1.54, 1.807) is 26.0 Å². The van der Waals surface area contributed by atoms with Gasteiger partial charge in [-0.05, 0) is 19.3 Å². The van der Waals surface area contributed by atoms with Crippen LogP contribution in [0.3, 0.4) is 0 Å². The average molecular weight is 274 g/mol. The third-order valence-electron chi connectivity index (χ3n) is 3.23. The highest BCUT2D eigenvalue weighted by Gasteiger charge is 2.45. The van der Waals surface area contributed by atoms with Crippen molar-refractivity contribution in [2.75, 3.05) is 12.5 Å². The molecular formula is C12H18O3S2. The molecule has 0 saturated carbocycles. The van der Waals surface area contributed by atoms with E-state index in [1.165, 1.54) is 18.0 Å². The fraction of sp³-hybridized carbons (Fsp3) is 0.583. The van der Waals surface area contributed by atoms with Crippen molar-refractivity contribution in [2.45, 2.75) is 25.0 Å². The fourth-order valence-corrected chi connectivity index (χ4v) is 3.58. The van der Waals surface area contributed by atoms with Crippen LogP contribution in [0.15, 0.2) is 23.1 Å². The molecule has 2 atom stereocenters. The first-order valence-electron chi connectivity index (χ1n) is 5.43. The third kappa shape index (κ3) is 2.65. The standard InChI is InChI=1S/C12H18O3S2/c1-5-11(13)10-7-6-9(16-3)8-12(10,2)17(4,14)15/h6-8,10H,5H2,1-4H3. The van der Waals surface area contributed by atoms with Gasteiger partial charge in [-0.2, -0.15) is 0 Å². The molecule has 0 aromatic heterocycles. The molecule has 17 heavy (non-hydrogen) atoms. The molecule has 0 aromatic rings. The van der Waals surface area contributed by atoms with Crippen molar-refractivity contribution in [2.24, 2.45) is 5.92 Å². The number of ketones is 1. The van der Waals surface area contributed by atoms with Gasteiger partial charge in [0.15, 0.2) is 9.84 Å². The topological polar surface area (TPSA) is 51.2 Å². The van der Waals surface area contributed by atoms with Gasteiger partial charge in [0.25, 0.3) is 0 Å². The normalized spacial score (nSPS) is 28.9. The fourth-order valence-electron chi connectivity index (χ4n) is 1.91. The van der Waals surface area contributed by atoms with Gasteiger partial charge in [-0.3, -0.25) is 4.79 Å². The van der Waals surface area contributed by atoms with Crippen molar-refractivity contribution >= 4 is 27.4 Å². The molecule has 5 heteroatoms. The highest BCUT2D eigenvalue weighted by Crippen LogP contribution is 2.37. The number of thioether (sulfide) groups is 1. The Morgan fingerprint density at radius 1 is 1.53 bits per heavy atom. The van der Waals surface area contributed by atoms with Crippen LogP contribution in [-0.2, 0) is 14.6 Å². The third-order valence-corrected chi connectivity index (χ3v) is 5.92. The summed E-state index contributed by atoms with van der Waals surface area (Å²) in [6, 6.07) is 0. The van der Waals surface area contributed by atoms with Crippen LogP contribution in [0.5, 0.6) is 0 Å². The first kappa shape index (κ1) is 14.5. The number of carbonyl (C=O) groups excluding carboxylic acids is 1. The number of carbonyl (C=O) groups is 1. The molecule has 0 N–H and O–H groups in total. The Labute approximate surface area is 107 Å². The number of hydrogen-bond acceptors (Lipinski definition) is 4. The summed E-state index contributed by atoms with van der Waals surface area (Å²) >= 11 is 1.48. The number of rotatable bonds is 4. The van der Waals surface area contributed by atoms with Gasteiger partial charge in [0.1, 0.15) is 10.5 Å². The van der Waals surface area contributed by atoms with E-state index >= 15 is 0 Å². The molecule has 0 amide bonds. The van der Waals surface area contributed by atoms with Gasteiger partial charge < -0.3 is 0 Å². The maximum atomic E-state index is 12.0. The summed E-state index contributed by atoms with van der Waals surface area (Å²) in [6.45, 7) is 3.38. The molecular weight excluding hydrogens is 256 g/mol. The number of hydrogen-bond donors (Lipinski definition) is 0. The Hall–Kier alpha value is -0.550. The van der Waals surface area contributed by atoms with Crippen LogP contribution in [0.1, 0.15) is 20.3 Å². The van der Waals surface area contributed by atoms with E-state index in [2.05, 4.69) is 0 Å². The zero-order chi connectivity index (χ0) is 13.3. The van der Waals surface area contributed by atoms with E-state index in [-0.39, 0.29) is 5.78 Å². The molecule has 0 bridgehead atoms. The number of Topliss-reactive ketones (excluding diaryl/α,β-unsaturated/α-hetero) is 1. The molecule has 2 unspecified atom stereocenters. The van der Waals surface area contributed by atoms with Gasteiger partial charge in [-0.15, -0.1) is 11.8 Å². The first-order chi connectivity index (χ1) is 7.76. The van der Waals surface area contributed by atoms with Gasteiger partial charge in [-0.25, -0.2) is 8.42 Å². The summed E-state index contributed by atoms with van der Waals surface area (Å²) in [5.74, 6) is -0.607. The minimum atomic E-state index is -3.33. The van der Waals surface area contributed by atoms with Gasteiger partial charge in [0.05, 0.1) is 5.92 Å². The maximum Gasteiger partial charge on any atom is 0.157 e. The lowest BCUT2D eigenvalue weighted by atomic mass is 9.84. The van der Waals surface area contributed by atoms with Gasteiger partial charge in [0, 0.05) is 17.6 Å². The van der Waals surface area contributed by atoms with Crippen LogP contribution in [0.4, 0.5) is 0 Å². The Morgan fingerprint density at radius 3 is 2.53 bits per heavy atom. The molecule has 0 aliphatic heterocycles. The lowest BCUT2D eigenvalue weighted by molar-refractivity contribution is -0.121. The van der Waals surface area contributed by atoms with Crippen molar-refractivity contribution in [3.63, 3.8) is 0 Å². The molecule has 0 saturated heterocycles. The van der Waals surface area contributed by atoms with E-state index in [0.29, 0.717) is 6.42 Å². The highest BCUT2D eigenvalue weighted by molar-refractivity contribution is 8.02. The molecule has 1 aliphatic rings. The quantitative estimate of drug-likeness (QED) is 0.788. The molecule has 1 rings (SSSR count). The number of allylic oxidation sites excluding steroid dienone is 2. The Bertz CT molecular complexity index is 474. The van der Waals surface area contributed by atoms with E-state index < -0.39 is 20.5 Å². The molecule has 3 nitrogen and oxygen atoms in total. The predicted octanol–water partition coefficient (Wildman–Crippen LogP) is 2.20. The molecule has 0 radical (unpaired) electrons. The van der Waals surface area contributed by atoms with Crippen LogP contribution < -0.4 is 0 Å². The summed E-state index contributed by atoms with van der Waals surface area (Å²) < 4.78 is 22.8. The summed E-state index contributed by atoms with van der Waals surface area (Å²) in [6.07, 6.45) is 8.68. The van der Waals surface area contributed by atoms with E-state index in [9.17, 15) is 13.2 Å². The second-order valence-electron chi connectivity index (χ2n) is 4.36. The summed E-state index contributed by atoms with van der Waals surface area (Å²) in [5, 5.41) is 0. The highest BCUT2D eigenvalue weighted by atomic mass is 32.2. The van der Waals surface area contributed by atoms with Crippen LogP contribution >= 0.6 is 11.8 Å². The zero-order valence-electron chi connectivity index (χ0n) is 10.6. The van der Waals surface area contributed by atoms with E-state index in [0.717, 1.165) is 4.91 Å². The number of sulfone groups is 1. The van der Waals surface area contributed by atoms with Gasteiger partial charge in [-0.1, -0.05) is 19.1 Å². The van der Waals surface area contributed by atoms with Crippen LogP contribution in [0, 0.1) is 5.92 Å². The molecule has 96 valence electrons. The Balaban J connectivity index is 3.32. The van der Waals surface area contributed by atoms with Gasteiger partial charge >= 0.3 is 0 Å². The average Bonchev–Trinajstić information content (AvgIpc) is 2.26. The van der Waals surface area contributed by atoms with Crippen molar-refractivity contribution < 1.29 is 13.2 Å². The summed E-state index contributed by atoms with van der Waals surface area (Å²) in [4.78, 5) is 12.8. The molecule has 0 spiro atoms. The largest absolute Gasteiger partial charge is 0.299 e. The van der Waals surface area contributed by atoms with Crippen molar-refractivity contribution in [3.05, 3.63) is 23.1 Å². The zero-order valence-corrected chi connectivity index (χ0v) is 12.2. The van der Waals surface area contributed by atoms with Crippen LogP contribution in [0.2, 0.25) is 0 Å². The van der Waals surface area contributed by atoms with E-state index in [1.807, 2.05) is 12.3 Å². The SMILES string of the molecule is CCC(=O)C1C=CC(SC)=CC1(C)S(C)(=O)=O. The summed E-state index contributed by atoms with van der Waals surface area (Å²) in [7, 11) is -3.33. The Kier molecular flexibility index (Phi) is 4.25. The lowest BCUT2D eigenvalue weighted by Crippen LogP contribution is -2.44. The second-order valence-corrected chi connectivity index (χ2v) is 7.67. The smallest absolute Gasteiger partial charge is 0.157 e. The van der Waals surface area contributed by atoms with E-state index in [4.69, 9.17) is 0 Å². The van der Waals surface area contributed by atoms with Crippen molar-refractivity contribution in [1.82, 2.24) is 0 Å². The first-order valence-corrected chi connectivity index (χ1v) is 8.55. The monoisotopic (exact) mass is 274 g/mol. The molecule has 0 aromatic carbocycles. The predicted molar refractivity (Wildman–Crippen MR) is 72.8 cm³/mol. The minimum absolute atomic E-state index is 0.0365. The molecule has 1 aliphatic carbocycles. The lowest BCUT2D eigenvalue weighted by Gasteiger charge is -2.33. The van der Waals surface area contributed by atoms with Crippen molar-refractivity contribution in [3.8, 4) is 0 Å². The van der Waals surface area contributed by atoms with Crippen LogP contribution in [0.25, 0.3) is 0 Å². The molecule has 0 heterocycles. The summed E-state index contributed by atoms with van der Waals surface area (Å²) in [5.41, 5.74) is 0. The minimum Gasteiger partial charge on any atom is -0.299 e.